The van der Waals surface area contributed by atoms with E-state index in [1.54, 1.807) is 12.1 Å². The number of carbonyl (C=O) groups is 1. The summed E-state index contributed by atoms with van der Waals surface area (Å²) in [6, 6.07) is 7.79. The number of ether oxygens (including phenoxy) is 1. The van der Waals surface area contributed by atoms with Crippen LogP contribution in [0.1, 0.15) is 42.5 Å². The largest absolute Gasteiger partial charge is 0.473 e. The molecule has 0 aromatic heterocycles. The summed E-state index contributed by atoms with van der Waals surface area (Å²) in [6.45, 7) is 0. The zero-order chi connectivity index (χ0) is 13.5. The summed E-state index contributed by atoms with van der Waals surface area (Å²) in [4.78, 5) is 13.4. The van der Waals surface area contributed by atoms with Gasteiger partial charge in [-0.15, -0.1) is 0 Å². The normalized spacial score (nSPS) is 30.3. The van der Waals surface area contributed by atoms with Gasteiger partial charge in [0.25, 0.3) is 0 Å². The second-order valence-electron chi connectivity index (χ2n) is 5.63. The van der Waals surface area contributed by atoms with Gasteiger partial charge in [-0.1, -0.05) is 0 Å². The van der Waals surface area contributed by atoms with Crippen molar-refractivity contribution in [2.75, 3.05) is 7.05 Å². The Morgan fingerprint density at radius 3 is 2.74 bits per heavy atom. The van der Waals surface area contributed by atoms with E-state index in [-0.39, 0.29) is 5.72 Å². The van der Waals surface area contributed by atoms with Crippen molar-refractivity contribution in [3.63, 3.8) is 0 Å². The van der Waals surface area contributed by atoms with Crippen LogP contribution in [0.2, 0.25) is 0 Å². The molecular weight excluding hydrogens is 240 g/mol. The van der Waals surface area contributed by atoms with Gasteiger partial charge in [0.2, 0.25) is 5.91 Å². The third-order valence-electron chi connectivity index (χ3n) is 4.61. The molecule has 4 nitrogen and oxygen atoms in total. The number of piperidine rings is 1. The summed E-state index contributed by atoms with van der Waals surface area (Å²) in [7, 11) is 2.16. The summed E-state index contributed by atoms with van der Waals surface area (Å²) >= 11 is 0. The van der Waals surface area contributed by atoms with Gasteiger partial charge in [-0.05, 0) is 50.6 Å². The molecule has 0 saturated carbocycles. The summed E-state index contributed by atoms with van der Waals surface area (Å²) < 4.78 is 6.25. The van der Waals surface area contributed by atoms with E-state index in [9.17, 15) is 4.79 Å². The lowest BCUT2D eigenvalue weighted by atomic mass is 10.0. The molecule has 2 bridgehead atoms. The molecule has 2 saturated heterocycles. The average molecular weight is 260 g/mol. The number of primary amides is 1. The molecule has 2 aliphatic rings. The van der Waals surface area contributed by atoms with Gasteiger partial charge in [-0.2, -0.15) is 0 Å². The van der Waals surface area contributed by atoms with E-state index in [0.717, 1.165) is 18.6 Å². The van der Waals surface area contributed by atoms with Crippen LogP contribution in [0.15, 0.2) is 24.3 Å². The first-order chi connectivity index (χ1) is 9.11. The molecule has 0 radical (unpaired) electrons. The van der Waals surface area contributed by atoms with Crippen LogP contribution >= 0.6 is 0 Å². The minimum atomic E-state index is -0.402. The fraction of sp³-hybridized carbons (Fsp3) is 0.533. The van der Waals surface area contributed by atoms with Crippen molar-refractivity contribution in [2.45, 2.75) is 43.9 Å². The quantitative estimate of drug-likeness (QED) is 0.906. The highest BCUT2D eigenvalue weighted by molar-refractivity contribution is 5.92. The smallest absolute Gasteiger partial charge is 0.248 e. The molecular formula is C15H20N2O2. The fourth-order valence-corrected chi connectivity index (χ4v) is 3.43. The van der Waals surface area contributed by atoms with Crippen LogP contribution < -0.4 is 10.5 Å². The average Bonchev–Trinajstić information content (AvgIpc) is 2.60. The lowest BCUT2D eigenvalue weighted by Gasteiger charge is -2.42. The Morgan fingerprint density at radius 2 is 2.05 bits per heavy atom. The van der Waals surface area contributed by atoms with E-state index in [2.05, 4.69) is 11.9 Å². The standard InChI is InChI=1S/C15H20N2O2/c1-17-12-3-2-9-15(17,10-8-12)19-13-6-4-11(5-7-13)14(16)18/h4-7,12H,2-3,8-10H2,1H3,(H2,16,18). The highest BCUT2D eigenvalue weighted by Crippen LogP contribution is 2.43. The van der Waals surface area contributed by atoms with Crippen LogP contribution in [0.5, 0.6) is 5.75 Å². The molecule has 2 atom stereocenters. The number of nitrogens with two attached hydrogens (primary N) is 1. The Hall–Kier alpha value is -1.55. The van der Waals surface area contributed by atoms with Gasteiger partial charge in [0.1, 0.15) is 5.75 Å². The molecule has 2 unspecified atom stereocenters. The van der Waals surface area contributed by atoms with Gasteiger partial charge in [-0.25, -0.2) is 0 Å². The minimum Gasteiger partial charge on any atom is -0.473 e. The second kappa shape index (κ2) is 4.53. The zero-order valence-electron chi connectivity index (χ0n) is 11.3. The molecule has 3 rings (SSSR count). The van der Waals surface area contributed by atoms with Crippen molar-refractivity contribution in [1.29, 1.82) is 0 Å². The van der Waals surface area contributed by atoms with Crippen molar-refractivity contribution in [1.82, 2.24) is 4.90 Å². The van der Waals surface area contributed by atoms with Crippen LogP contribution in [-0.4, -0.2) is 29.6 Å². The molecule has 2 heterocycles. The van der Waals surface area contributed by atoms with Crippen LogP contribution in [-0.2, 0) is 0 Å². The third-order valence-corrected chi connectivity index (χ3v) is 4.61. The summed E-state index contributed by atoms with van der Waals surface area (Å²) in [5, 5.41) is 0. The molecule has 102 valence electrons. The number of hydrogen-bond acceptors (Lipinski definition) is 3. The first-order valence-corrected chi connectivity index (χ1v) is 6.93. The van der Waals surface area contributed by atoms with E-state index < -0.39 is 5.91 Å². The highest BCUT2D eigenvalue weighted by Gasteiger charge is 2.48. The van der Waals surface area contributed by atoms with Crippen LogP contribution in [0.3, 0.4) is 0 Å². The maximum Gasteiger partial charge on any atom is 0.248 e. The number of fused-ring (bicyclic) bond motifs is 2. The van der Waals surface area contributed by atoms with Crippen molar-refractivity contribution in [2.24, 2.45) is 5.73 Å². The number of benzene rings is 1. The SMILES string of the molecule is CN1C2CCCC1(Oc1ccc(C(N)=O)cc1)CC2. The van der Waals surface area contributed by atoms with Gasteiger partial charge in [-0.3, -0.25) is 9.69 Å². The lowest BCUT2D eigenvalue weighted by Crippen LogP contribution is -2.51. The molecule has 1 aromatic carbocycles. The summed E-state index contributed by atoms with van der Waals surface area (Å²) in [6.07, 6.45) is 5.90. The maximum atomic E-state index is 11.1. The lowest BCUT2D eigenvalue weighted by molar-refractivity contribution is -0.0823. The topological polar surface area (TPSA) is 55.6 Å². The Balaban J connectivity index is 1.79. The number of hydrogen-bond donors (Lipinski definition) is 1. The van der Waals surface area contributed by atoms with Gasteiger partial charge in [0, 0.05) is 24.4 Å². The van der Waals surface area contributed by atoms with Gasteiger partial charge in [0.05, 0.1) is 0 Å². The molecule has 0 aliphatic carbocycles. The molecule has 1 aromatic rings. The van der Waals surface area contributed by atoms with Crippen molar-refractivity contribution in [3.8, 4) is 5.75 Å². The Morgan fingerprint density at radius 1 is 1.32 bits per heavy atom. The number of amides is 1. The summed E-state index contributed by atoms with van der Waals surface area (Å²) in [5.74, 6) is 0.417. The van der Waals surface area contributed by atoms with Gasteiger partial charge < -0.3 is 10.5 Å². The molecule has 19 heavy (non-hydrogen) atoms. The van der Waals surface area contributed by atoms with E-state index in [1.807, 2.05) is 12.1 Å². The van der Waals surface area contributed by atoms with Gasteiger partial charge >= 0.3 is 0 Å². The molecule has 2 aliphatic heterocycles. The molecule has 2 N–H and O–H groups in total. The zero-order valence-corrected chi connectivity index (χ0v) is 11.3. The van der Waals surface area contributed by atoms with Crippen LogP contribution in [0, 0.1) is 0 Å². The van der Waals surface area contributed by atoms with E-state index >= 15 is 0 Å². The predicted molar refractivity (Wildman–Crippen MR) is 73.0 cm³/mol. The van der Waals surface area contributed by atoms with Crippen molar-refractivity contribution >= 4 is 5.91 Å². The Labute approximate surface area is 113 Å². The number of carbonyl (C=O) groups excluding carboxylic acids is 1. The monoisotopic (exact) mass is 260 g/mol. The molecule has 2 fully saturated rings. The molecule has 0 spiro atoms. The van der Waals surface area contributed by atoms with Gasteiger partial charge in [0.15, 0.2) is 5.72 Å². The first kappa shape index (κ1) is 12.5. The maximum absolute atomic E-state index is 11.1. The van der Waals surface area contributed by atoms with Crippen LogP contribution in [0.4, 0.5) is 0 Å². The van der Waals surface area contributed by atoms with E-state index in [0.29, 0.717) is 11.6 Å². The third kappa shape index (κ3) is 2.10. The molecule has 1 amide bonds. The first-order valence-electron chi connectivity index (χ1n) is 6.93. The highest BCUT2D eigenvalue weighted by atomic mass is 16.5. The second-order valence-corrected chi connectivity index (χ2v) is 5.63. The van der Waals surface area contributed by atoms with Crippen LogP contribution in [0.25, 0.3) is 0 Å². The number of rotatable bonds is 3. The molecule has 4 heteroatoms. The van der Waals surface area contributed by atoms with Crippen molar-refractivity contribution < 1.29 is 9.53 Å². The number of nitrogens with zero attached hydrogens (tertiary/aromatic N) is 1. The predicted octanol–water partition coefficient (Wildman–Crippen LogP) is 2.14. The summed E-state index contributed by atoms with van der Waals surface area (Å²) in [5.41, 5.74) is 5.62. The van der Waals surface area contributed by atoms with E-state index in [1.165, 1.54) is 19.3 Å². The van der Waals surface area contributed by atoms with Crippen molar-refractivity contribution in [3.05, 3.63) is 29.8 Å². The Kier molecular flexibility index (Phi) is 2.97. The fourth-order valence-electron chi connectivity index (χ4n) is 3.43. The Bertz CT molecular complexity index is 481. The van der Waals surface area contributed by atoms with E-state index in [4.69, 9.17) is 10.5 Å². The minimum absolute atomic E-state index is 0.142.